The number of nitrogens with zero attached hydrogens (tertiary/aromatic N) is 1. The second-order valence-corrected chi connectivity index (χ2v) is 5.59. The summed E-state index contributed by atoms with van der Waals surface area (Å²) >= 11 is 1.23. The number of carbonyl (C=O) groups excluding carboxylic acids is 1. The van der Waals surface area contributed by atoms with E-state index in [1.54, 1.807) is 13.2 Å². The molecule has 120 valence electrons. The number of rotatable bonds is 5. The van der Waals surface area contributed by atoms with Gasteiger partial charge in [0.25, 0.3) is 5.69 Å². The summed E-state index contributed by atoms with van der Waals surface area (Å²) < 4.78 is 18.2. The summed E-state index contributed by atoms with van der Waals surface area (Å²) in [6, 6.07) is 9.79. The molecular formula is C16H14FNO4S. The zero-order valence-electron chi connectivity index (χ0n) is 12.5. The fourth-order valence-corrected chi connectivity index (χ4v) is 2.54. The molecule has 2 aromatic carbocycles. The molecule has 2 aromatic rings. The minimum atomic E-state index is -0.669. The number of halogens is 1. The van der Waals surface area contributed by atoms with Crippen molar-refractivity contribution in [2.75, 3.05) is 6.26 Å². The van der Waals surface area contributed by atoms with E-state index in [1.807, 2.05) is 0 Å². The third kappa shape index (κ3) is 4.07. The van der Waals surface area contributed by atoms with E-state index >= 15 is 0 Å². The Morgan fingerprint density at radius 2 is 1.91 bits per heavy atom. The predicted molar refractivity (Wildman–Crippen MR) is 85.1 cm³/mol. The van der Waals surface area contributed by atoms with E-state index < -0.39 is 17.0 Å². The van der Waals surface area contributed by atoms with Crippen molar-refractivity contribution in [3.8, 4) is 0 Å². The van der Waals surface area contributed by atoms with E-state index in [9.17, 15) is 19.3 Å². The molecule has 0 saturated heterocycles. The van der Waals surface area contributed by atoms with Gasteiger partial charge in [0, 0.05) is 6.07 Å². The van der Waals surface area contributed by atoms with Crippen LogP contribution in [0.1, 0.15) is 28.9 Å². The first kappa shape index (κ1) is 17.0. The van der Waals surface area contributed by atoms with Crippen molar-refractivity contribution < 1.29 is 18.8 Å². The minimum absolute atomic E-state index is 0.100. The third-order valence-corrected chi connectivity index (χ3v) is 4.02. The monoisotopic (exact) mass is 335 g/mol. The lowest BCUT2D eigenvalue weighted by Gasteiger charge is -2.13. The molecule has 0 heterocycles. The molecule has 23 heavy (non-hydrogen) atoms. The van der Waals surface area contributed by atoms with Crippen molar-refractivity contribution in [1.29, 1.82) is 0 Å². The fourth-order valence-electron chi connectivity index (χ4n) is 1.99. The van der Waals surface area contributed by atoms with Crippen molar-refractivity contribution >= 4 is 23.4 Å². The smallest absolute Gasteiger partial charge is 0.338 e. The van der Waals surface area contributed by atoms with Crippen LogP contribution in [0.5, 0.6) is 0 Å². The van der Waals surface area contributed by atoms with Crippen LogP contribution in [0.2, 0.25) is 0 Å². The molecule has 1 atom stereocenters. The average molecular weight is 335 g/mol. The number of ether oxygens (including phenoxy) is 1. The molecule has 0 fully saturated rings. The maximum atomic E-state index is 12.9. The molecule has 0 aliphatic heterocycles. The van der Waals surface area contributed by atoms with Crippen LogP contribution in [-0.2, 0) is 4.74 Å². The third-order valence-electron chi connectivity index (χ3n) is 3.23. The molecule has 0 N–H and O–H groups in total. The molecular weight excluding hydrogens is 321 g/mol. The first-order valence-corrected chi connectivity index (χ1v) is 7.93. The molecule has 5 nitrogen and oxygen atoms in total. The minimum Gasteiger partial charge on any atom is -0.454 e. The highest BCUT2D eigenvalue weighted by Gasteiger charge is 2.19. The Balaban J connectivity index is 2.18. The number of thioether (sulfide) groups is 1. The topological polar surface area (TPSA) is 69.4 Å². The Hall–Kier alpha value is -2.41. The van der Waals surface area contributed by atoms with Gasteiger partial charge in [-0.2, -0.15) is 0 Å². The maximum absolute atomic E-state index is 12.9. The number of benzene rings is 2. The molecule has 0 amide bonds. The van der Waals surface area contributed by atoms with Crippen molar-refractivity contribution in [1.82, 2.24) is 0 Å². The van der Waals surface area contributed by atoms with Gasteiger partial charge in [0.2, 0.25) is 0 Å². The van der Waals surface area contributed by atoms with Gasteiger partial charge < -0.3 is 4.74 Å². The largest absolute Gasteiger partial charge is 0.454 e. The Morgan fingerprint density at radius 1 is 1.26 bits per heavy atom. The molecule has 0 radical (unpaired) electrons. The fraction of sp³-hybridized carbons (Fsp3) is 0.188. The number of carbonyl (C=O) groups is 1. The van der Waals surface area contributed by atoms with Crippen LogP contribution >= 0.6 is 11.8 Å². The van der Waals surface area contributed by atoms with Gasteiger partial charge >= 0.3 is 5.97 Å². The lowest BCUT2D eigenvalue weighted by molar-refractivity contribution is -0.387. The van der Waals surface area contributed by atoms with E-state index in [4.69, 9.17) is 4.74 Å². The van der Waals surface area contributed by atoms with Crippen molar-refractivity contribution in [2.24, 2.45) is 0 Å². The number of nitro benzene ring substituents is 1. The number of hydrogen-bond donors (Lipinski definition) is 0. The molecule has 0 spiro atoms. The Morgan fingerprint density at radius 3 is 2.48 bits per heavy atom. The van der Waals surface area contributed by atoms with E-state index in [-0.39, 0.29) is 17.1 Å². The SMILES string of the molecule is CSc1ccc(C(=O)O[C@@H](C)c2ccc(F)cc2)cc1[N+](=O)[O-]. The second-order valence-electron chi connectivity index (χ2n) is 4.74. The average Bonchev–Trinajstić information content (AvgIpc) is 2.54. The quantitative estimate of drug-likeness (QED) is 0.351. The summed E-state index contributed by atoms with van der Waals surface area (Å²) in [4.78, 5) is 23.1. The molecule has 0 bridgehead atoms. The number of hydrogen-bond acceptors (Lipinski definition) is 5. The van der Waals surface area contributed by atoms with E-state index in [0.717, 1.165) is 0 Å². The molecule has 0 unspecified atom stereocenters. The molecule has 0 aromatic heterocycles. The number of esters is 1. The predicted octanol–water partition coefficient (Wildman–Crippen LogP) is 4.37. The van der Waals surface area contributed by atoms with Crippen LogP contribution in [0.3, 0.4) is 0 Å². The summed E-state index contributed by atoms with van der Waals surface area (Å²) in [5, 5.41) is 11.0. The standard InChI is InChI=1S/C16H14FNO4S/c1-10(11-3-6-13(17)7-4-11)22-16(19)12-5-8-15(23-2)14(9-12)18(20)21/h3-10H,1-2H3/t10-/m0/s1. The van der Waals surface area contributed by atoms with Gasteiger partial charge in [-0.05, 0) is 43.0 Å². The van der Waals surface area contributed by atoms with E-state index in [2.05, 4.69) is 0 Å². The number of nitro groups is 1. The summed E-state index contributed by atoms with van der Waals surface area (Å²) in [6.45, 7) is 1.65. The highest BCUT2D eigenvalue weighted by molar-refractivity contribution is 7.98. The first-order chi connectivity index (χ1) is 10.9. The van der Waals surface area contributed by atoms with Crippen LogP contribution < -0.4 is 0 Å². The molecule has 0 saturated carbocycles. The van der Waals surface area contributed by atoms with Crippen molar-refractivity contribution in [3.05, 3.63) is 69.5 Å². The van der Waals surface area contributed by atoms with Gasteiger partial charge in [-0.3, -0.25) is 10.1 Å². The van der Waals surface area contributed by atoms with Gasteiger partial charge in [0.05, 0.1) is 15.4 Å². The molecule has 0 aliphatic rings. The maximum Gasteiger partial charge on any atom is 0.338 e. The summed E-state index contributed by atoms with van der Waals surface area (Å²) in [5.41, 5.74) is 0.597. The van der Waals surface area contributed by atoms with Gasteiger partial charge in [0.1, 0.15) is 11.9 Å². The van der Waals surface area contributed by atoms with E-state index in [1.165, 1.54) is 54.2 Å². The van der Waals surface area contributed by atoms with Gasteiger partial charge in [-0.1, -0.05) is 12.1 Å². The normalized spacial score (nSPS) is 11.8. The van der Waals surface area contributed by atoms with Crippen LogP contribution in [0.4, 0.5) is 10.1 Å². The zero-order chi connectivity index (χ0) is 17.0. The van der Waals surface area contributed by atoms with Crippen LogP contribution in [0, 0.1) is 15.9 Å². The Kier molecular flexibility index (Phi) is 5.33. The Labute approximate surface area is 136 Å². The van der Waals surface area contributed by atoms with Crippen molar-refractivity contribution in [3.63, 3.8) is 0 Å². The highest BCUT2D eigenvalue weighted by Crippen LogP contribution is 2.29. The highest BCUT2D eigenvalue weighted by atomic mass is 32.2. The molecule has 0 aliphatic carbocycles. The van der Waals surface area contributed by atoms with Gasteiger partial charge in [0.15, 0.2) is 0 Å². The van der Waals surface area contributed by atoms with Crippen LogP contribution in [-0.4, -0.2) is 17.1 Å². The van der Waals surface area contributed by atoms with Crippen LogP contribution in [0.25, 0.3) is 0 Å². The van der Waals surface area contributed by atoms with E-state index in [0.29, 0.717) is 10.5 Å². The van der Waals surface area contributed by atoms with Crippen LogP contribution in [0.15, 0.2) is 47.4 Å². The Bertz CT molecular complexity index is 733. The van der Waals surface area contributed by atoms with Crippen molar-refractivity contribution in [2.45, 2.75) is 17.9 Å². The molecule has 7 heteroatoms. The lowest BCUT2D eigenvalue weighted by atomic mass is 10.1. The van der Waals surface area contributed by atoms with Gasteiger partial charge in [-0.15, -0.1) is 11.8 Å². The zero-order valence-corrected chi connectivity index (χ0v) is 13.3. The second kappa shape index (κ2) is 7.23. The van der Waals surface area contributed by atoms with Gasteiger partial charge in [-0.25, -0.2) is 9.18 Å². The summed E-state index contributed by atoms with van der Waals surface area (Å²) in [6.07, 6.45) is 1.12. The molecule has 2 rings (SSSR count). The lowest BCUT2D eigenvalue weighted by Crippen LogP contribution is -2.10. The first-order valence-electron chi connectivity index (χ1n) is 6.71. The summed E-state index contributed by atoms with van der Waals surface area (Å²) in [7, 11) is 0. The summed E-state index contributed by atoms with van der Waals surface area (Å²) in [5.74, 6) is -1.05.